The number of hydrogen-bond donors (Lipinski definition) is 1. The standard InChI is InChI=1S/C19H23BrN2O2/c1-2-21-13-16(20)12-17(21)19(24)22-10-8-15(9-11-22)18(23)14-6-4-3-5-7-14/h3-7,12-13,15,18,23H,2,8-11H2,1H3. The van der Waals surface area contributed by atoms with Crippen molar-refractivity contribution in [2.24, 2.45) is 5.92 Å². The largest absolute Gasteiger partial charge is 0.388 e. The van der Waals surface area contributed by atoms with Gasteiger partial charge >= 0.3 is 0 Å². The molecule has 1 amide bonds. The molecular weight excluding hydrogens is 368 g/mol. The number of piperidine rings is 1. The topological polar surface area (TPSA) is 45.5 Å². The lowest BCUT2D eigenvalue weighted by Crippen LogP contribution is -2.40. The Kier molecular flexibility index (Phi) is 5.41. The lowest BCUT2D eigenvalue weighted by molar-refractivity contribution is 0.0455. The fourth-order valence-corrected chi connectivity index (χ4v) is 3.88. The molecule has 0 radical (unpaired) electrons. The summed E-state index contributed by atoms with van der Waals surface area (Å²) in [5.74, 6) is 0.288. The van der Waals surface area contributed by atoms with Gasteiger partial charge in [-0.3, -0.25) is 4.79 Å². The number of likely N-dealkylation sites (tertiary alicyclic amines) is 1. The molecule has 5 heteroatoms. The van der Waals surface area contributed by atoms with Gasteiger partial charge < -0.3 is 14.6 Å². The van der Waals surface area contributed by atoms with Crippen molar-refractivity contribution >= 4 is 21.8 Å². The smallest absolute Gasteiger partial charge is 0.270 e. The number of aryl methyl sites for hydroxylation is 1. The maximum atomic E-state index is 12.8. The van der Waals surface area contributed by atoms with Crippen LogP contribution in [0.3, 0.4) is 0 Å². The van der Waals surface area contributed by atoms with Crippen LogP contribution in [0.2, 0.25) is 0 Å². The predicted molar refractivity (Wildman–Crippen MR) is 97.8 cm³/mol. The molecule has 0 bridgehead atoms. The summed E-state index contributed by atoms with van der Waals surface area (Å²) in [4.78, 5) is 14.7. The highest BCUT2D eigenvalue weighted by molar-refractivity contribution is 9.10. The van der Waals surface area contributed by atoms with E-state index in [1.54, 1.807) is 0 Å². The quantitative estimate of drug-likeness (QED) is 0.861. The summed E-state index contributed by atoms with van der Waals surface area (Å²) in [5.41, 5.74) is 1.69. The van der Waals surface area contributed by atoms with Gasteiger partial charge in [0.25, 0.3) is 5.91 Å². The average Bonchev–Trinajstić information content (AvgIpc) is 3.02. The van der Waals surface area contributed by atoms with E-state index in [-0.39, 0.29) is 11.8 Å². The van der Waals surface area contributed by atoms with Crippen molar-refractivity contribution in [2.45, 2.75) is 32.4 Å². The fourth-order valence-electron chi connectivity index (χ4n) is 3.42. The van der Waals surface area contributed by atoms with E-state index in [0.29, 0.717) is 13.1 Å². The van der Waals surface area contributed by atoms with E-state index in [1.807, 2.05) is 59.0 Å². The van der Waals surface area contributed by atoms with Crippen LogP contribution >= 0.6 is 15.9 Å². The van der Waals surface area contributed by atoms with Crippen molar-refractivity contribution in [1.82, 2.24) is 9.47 Å². The highest BCUT2D eigenvalue weighted by Gasteiger charge is 2.29. The van der Waals surface area contributed by atoms with Crippen LogP contribution < -0.4 is 0 Å². The molecule has 0 aliphatic carbocycles. The van der Waals surface area contributed by atoms with Crippen LogP contribution in [0.5, 0.6) is 0 Å². The van der Waals surface area contributed by atoms with Gasteiger partial charge in [0.1, 0.15) is 5.69 Å². The number of amides is 1. The van der Waals surface area contributed by atoms with Crippen molar-refractivity contribution in [3.05, 3.63) is 58.3 Å². The first-order valence-electron chi connectivity index (χ1n) is 8.48. The molecular formula is C19H23BrN2O2. The number of carbonyl (C=O) groups excluding carboxylic acids is 1. The van der Waals surface area contributed by atoms with Gasteiger partial charge in [0.05, 0.1) is 6.10 Å². The maximum Gasteiger partial charge on any atom is 0.270 e. The van der Waals surface area contributed by atoms with E-state index in [4.69, 9.17) is 0 Å². The van der Waals surface area contributed by atoms with Crippen molar-refractivity contribution < 1.29 is 9.90 Å². The summed E-state index contributed by atoms with van der Waals surface area (Å²) >= 11 is 3.45. The van der Waals surface area contributed by atoms with Crippen LogP contribution in [-0.2, 0) is 6.54 Å². The normalized spacial score (nSPS) is 17.0. The van der Waals surface area contributed by atoms with Crippen LogP contribution in [-0.4, -0.2) is 33.6 Å². The van der Waals surface area contributed by atoms with Crippen LogP contribution in [0.1, 0.15) is 41.9 Å². The van der Waals surface area contributed by atoms with Gasteiger partial charge in [-0.1, -0.05) is 30.3 Å². The Morgan fingerprint density at radius 3 is 2.58 bits per heavy atom. The highest BCUT2D eigenvalue weighted by atomic mass is 79.9. The number of aliphatic hydroxyl groups is 1. The number of nitrogens with zero attached hydrogens (tertiary/aromatic N) is 2. The summed E-state index contributed by atoms with van der Waals surface area (Å²) in [7, 11) is 0. The Hall–Kier alpha value is -1.59. The highest BCUT2D eigenvalue weighted by Crippen LogP contribution is 2.31. The molecule has 0 saturated carbocycles. The molecule has 1 aromatic heterocycles. The number of halogens is 1. The zero-order chi connectivity index (χ0) is 17.1. The number of aliphatic hydroxyl groups excluding tert-OH is 1. The molecule has 1 unspecified atom stereocenters. The molecule has 1 aliphatic rings. The van der Waals surface area contributed by atoms with Gasteiger partial charge in [-0.15, -0.1) is 0 Å². The molecule has 1 aliphatic heterocycles. The predicted octanol–water partition coefficient (Wildman–Crippen LogP) is 3.86. The lowest BCUT2D eigenvalue weighted by atomic mass is 9.87. The first kappa shape index (κ1) is 17.2. The van der Waals surface area contributed by atoms with Crippen molar-refractivity contribution in [3.63, 3.8) is 0 Å². The van der Waals surface area contributed by atoms with E-state index in [9.17, 15) is 9.90 Å². The molecule has 2 aromatic rings. The number of aromatic nitrogens is 1. The third-order valence-corrected chi connectivity index (χ3v) is 5.27. The molecule has 3 rings (SSSR count). The SMILES string of the molecule is CCn1cc(Br)cc1C(=O)N1CCC(C(O)c2ccccc2)CC1. The van der Waals surface area contributed by atoms with Crippen LogP contribution in [0.15, 0.2) is 47.1 Å². The first-order chi connectivity index (χ1) is 11.6. The number of hydrogen-bond acceptors (Lipinski definition) is 2. The monoisotopic (exact) mass is 390 g/mol. The number of carbonyl (C=O) groups is 1. The first-order valence-corrected chi connectivity index (χ1v) is 9.27. The molecule has 2 heterocycles. The molecule has 4 nitrogen and oxygen atoms in total. The second-order valence-electron chi connectivity index (χ2n) is 6.31. The van der Waals surface area contributed by atoms with E-state index in [0.717, 1.165) is 35.1 Å². The third kappa shape index (κ3) is 3.57. The lowest BCUT2D eigenvalue weighted by Gasteiger charge is -2.34. The molecule has 1 saturated heterocycles. The summed E-state index contributed by atoms with van der Waals surface area (Å²) in [6.45, 7) is 4.20. The molecule has 24 heavy (non-hydrogen) atoms. The second-order valence-corrected chi connectivity index (χ2v) is 7.23. The summed E-state index contributed by atoms with van der Waals surface area (Å²) in [6.07, 6.45) is 3.15. The van der Waals surface area contributed by atoms with Crippen LogP contribution in [0, 0.1) is 5.92 Å². The molecule has 1 fully saturated rings. The Balaban J connectivity index is 1.63. The summed E-state index contributed by atoms with van der Waals surface area (Å²) in [5, 5.41) is 10.6. The number of rotatable bonds is 4. The fraction of sp³-hybridized carbons (Fsp3) is 0.421. The van der Waals surface area contributed by atoms with E-state index < -0.39 is 6.10 Å². The van der Waals surface area contributed by atoms with Crippen molar-refractivity contribution in [2.75, 3.05) is 13.1 Å². The number of benzene rings is 1. The minimum absolute atomic E-state index is 0.0789. The van der Waals surface area contributed by atoms with Crippen molar-refractivity contribution in [3.8, 4) is 0 Å². The maximum absolute atomic E-state index is 12.8. The zero-order valence-corrected chi connectivity index (χ0v) is 15.4. The minimum atomic E-state index is -0.447. The molecule has 1 aromatic carbocycles. The van der Waals surface area contributed by atoms with E-state index >= 15 is 0 Å². The van der Waals surface area contributed by atoms with Crippen LogP contribution in [0.25, 0.3) is 0 Å². The van der Waals surface area contributed by atoms with Gasteiger partial charge in [-0.25, -0.2) is 0 Å². The molecule has 1 atom stereocenters. The van der Waals surface area contributed by atoms with E-state index in [1.165, 1.54) is 0 Å². The van der Waals surface area contributed by atoms with Gasteiger partial charge in [-0.2, -0.15) is 0 Å². The minimum Gasteiger partial charge on any atom is -0.388 e. The molecule has 0 spiro atoms. The Morgan fingerprint density at radius 2 is 1.96 bits per heavy atom. The Labute approximate surface area is 151 Å². The molecule has 128 valence electrons. The Bertz CT molecular complexity index is 691. The van der Waals surface area contributed by atoms with Gasteiger partial charge in [0, 0.05) is 30.3 Å². The van der Waals surface area contributed by atoms with E-state index in [2.05, 4.69) is 15.9 Å². The average molecular weight is 391 g/mol. The zero-order valence-electron chi connectivity index (χ0n) is 13.9. The second kappa shape index (κ2) is 7.53. The van der Waals surface area contributed by atoms with Gasteiger partial charge in [-0.05, 0) is 53.2 Å². The summed E-state index contributed by atoms with van der Waals surface area (Å²) in [6, 6.07) is 11.7. The molecule has 1 N–H and O–H groups in total. The third-order valence-electron chi connectivity index (χ3n) is 4.84. The Morgan fingerprint density at radius 1 is 1.29 bits per heavy atom. The van der Waals surface area contributed by atoms with Crippen molar-refractivity contribution in [1.29, 1.82) is 0 Å². The summed E-state index contributed by atoms with van der Waals surface area (Å²) < 4.78 is 2.90. The van der Waals surface area contributed by atoms with Gasteiger partial charge in [0.15, 0.2) is 0 Å². The van der Waals surface area contributed by atoms with Crippen LogP contribution in [0.4, 0.5) is 0 Å². The van der Waals surface area contributed by atoms with Gasteiger partial charge in [0.2, 0.25) is 0 Å².